The monoisotopic (exact) mass is 576 g/mol. The van der Waals surface area contributed by atoms with E-state index in [1.807, 2.05) is 36.4 Å². The van der Waals surface area contributed by atoms with Gasteiger partial charge in [-0.1, -0.05) is 58.4 Å². The van der Waals surface area contributed by atoms with Gasteiger partial charge in [0.15, 0.2) is 0 Å². The molecule has 7 nitrogen and oxygen atoms in total. The number of phenols is 1. The fourth-order valence-electron chi connectivity index (χ4n) is 3.36. The summed E-state index contributed by atoms with van der Waals surface area (Å²) in [6.45, 7) is 0. The molecule has 4 N–H and O–H groups in total. The van der Waals surface area contributed by atoms with Gasteiger partial charge in [0.05, 0.1) is 10.2 Å². The molecule has 0 unspecified atom stereocenters. The largest absolute Gasteiger partial charge is 0.506 e. The molecule has 0 spiro atoms. The van der Waals surface area contributed by atoms with Crippen LogP contribution in [0.4, 0.5) is 10.5 Å². The van der Waals surface area contributed by atoms with Gasteiger partial charge in [-0.25, -0.2) is 10.3 Å². The van der Waals surface area contributed by atoms with Crippen LogP contribution in [0.15, 0.2) is 75.7 Å². The summed E-state index contributed by atoms with van der Waals surface area (Å²) in [5.41, 5.74) is 2.59. The maximum atomic E-state index is 12.8. The Morgan fingerprint density at radius 1 is 1.09 bits per heavy atom. The number of ether oxygens (including phenoxy) is 1. The van der Waals surface area contributed by atoms with Crippen LogP contribution in [0.1, 0.15) is 30.9 Å². The van der Waals surface area contributed by atoms with Crippen LogP contribution in [0.3, 0.4) is 0 Å². The fraction of sp³-hybridized carbons (Fsp3) is 0.167. The Morgan fingerprint density at radius 3 is 2.64 bits per heavy atom. The van der Waals surface area contributed by atoms with Crippen molar-refractivity contribution >= 4 is 60.3 Å². The number of hydrogen-bond acceptors (Lipinski definition) is 5. The Bertz CT molecular complexity index is 1180. The summed E-state index contributed by atoms with van der Waals surface area (Å²) in [6.07, 6.45) is 2.89. The van der Waals surface area contributed by atoms with Crippen LogP contribution in [-0.4, -0.2) is 22.3 Å². The number of amides is 2. The third kappa shape index (κ3) is 6.80. The highest BCUT2D eigenvalue weighted by atomic mass is 79.9. The number of hydrogen-bond donors (Lipinski definition) is 4. The van der Waals surface area contributed by atoms with Crippen molar-refractivity contribution in [2.45, 2.75) is 25.4 Å². The molecule has 0 aliphatic rings. The second-order valence-corrected chi connectivity index (χ2v) is 8.95. The normalized spacial score (nSPS) is 12.0. The molecule has 9 heteroatoms. The number of carbonyl (C=O) groups is 2. The molecule has 2 amide bonds. The molecule has 0 saturated carbocycles. The summed E-state index contributed by atoms with van der Waals surface area (Å²) in [4.78, 5) is 23.9. The molecule has 0 fully saturated rings. The van der Waals surface area contributed by atoms with Crippen LogP contribution in [0.2, 0.25) is 0 Å². The minimum Gasteiger partial charge on any atom is -0.506 e. The first-order valence-corrected chi connectivity index (χ1v) is 11.7. The van der Waals surface area contributed by atoms with E-state index in [1.165, 1.54) is 11.6 Å². The molecular formula is C24H22Br2N2O5. The Balaban J connectivity index is 1.77. The molecule has 0 heterocycles. The van der Waals surface area contributed by atoms with E-state index in [9.17, 15) is 14.7 Å². The third-order valence-electron chi connectivity index (χ3n) is 4.90. The molecule has 0 aliphatic carbocycles. The molecule has 0 aliphatic heterocycles. The van der Waals surface area contributed by atoms with Crippen molar-refractivity contribution in [1.82, 2.24) is 5.48 Å². The lowest BCUT2D eigenvalue weighted by molar-refractivity contribution is -0.124. The summed E-state index contributed by atoms with van der Waals surface area (Å²) in [5.74, 6) is -0.637. The van der Waals surface area contributed by atoms with Gasteiger partial charge in [-0.2, -0.15) is 0 Å². The van der Waals surface area contributed by atoms with E-state index in [2.05, 4.69) is 37.2 Å². The average Bonchev–Trinajstić information content (AvgIpc) is 2.80. The maximum Gasteiger partial charge on any atom is 0.412 e. The van der Waals surface area contributed by atoms with Gasteiger partial charge < -0.3 is 9.84 Å². The van der Waals surface area contributed by atoms with Crippen molar-refractivity contribution in [1.29, 1.82) is 0 Å². The Labute approximate surface area is 207 Å². The molecule has 33 heavy (non-hydrogen) atoms. The highest BCUT2D eigenvalue weighted by Crippen LogP contribution is 2.38. The average molecular weight is 578 g/mol. The number of halogens is 2. The zero-order chi connectivity index (χ0) is 23.8. The minimum absolute atomic E-state index is 0.0173. The summed E-state index contributed by atoms with van der Waals surface area (Å²) in [7, 11) is 0. The van der Waals surface area contributed by atoms with E-state index < -0.39 is 18.1 Å². The van der Waals surface area contributed by atoms with Crippen LogP contribution < -0.4 is 10.8 Å². The van der Waals surface area contributed by atoms with Crippen LogP contribution >= 0.6 is 31.9 Å². The third-order valence-corrected chi connectivity index (χ3v) is 5.96. The van der Waals surface area contributed by atoms with Crippen LogP contribution in [-0.2, 0) is 9.53 Å². The van der Waals surface area contributed by atoms with Crippen molar-refractivity contribution < 1.29 is 24.6 Å². The quantitative estimate of drug-likeness (QED) is 0.104. The predicted molar refractivity (Wildman–Crippen MR) is 133 cm³/mol. The molecule has 0 bridgehead atoms. The number of nitrogens with one attached hydrogen (secondary N) is 2. The number of hydroxylamine groups is 1. The summed E-state index contributed by atoms with van der Waals surface area (Å²) in [5, 5.41) is 23.8. The van der Waals surface area contributed by atoms with Gasteiger partial charge in [-0.15, -0.1) is 0 Å². The second kappa shape index (κ2) is 11.8. The van der Waals surface area contributed by atoms with Crippen molar-refractivity contribution in [2.24, 2.45) is 0 Å². The highest BCUT2D eigenvalue weighted by Gasteiger charge is 2.22. The van der Waals surface area contributed by atoms with Crippen molar-refractivity contribution in [3.63, 3.8) is 0 Å². The molecule has 1 atom stereocenters. The van der Waals surface area contributed by atoms with Gasteiger partial charge in [-0.05, 0) is 58.8 Å². The first kappa shape index (κ1) is 24.8. The van der Waals surface area contributed by atoms with E-state index >= 15 is 0 Å². The van der Waals surface area contributed by atoms with Crippen LogP contribution in [0.25, 0.3) is 10.8 Å². The molecule has 0 saturated heterocycles. The first-order chi connectivity index (χ1) is 15.9. The molecule has 172 valence electrons. The molecule has 0 radical (unpaired) electrons. The molecule has 3 aromatic carbocycles. The Kier molecular flexibility index (Phi) is 8.87. The Hall–Kier alpha value is -2.88. The van der Waals surface area contributed by atoms with E-state index in [0.29, 0.717) is 39.5 Å². The molecule has 3 rings (SSSR count). The summed E-state index contributed by atoms with van der Waals surface area (Å²) < 4.78 is 6.91. The number of unbranched alkanes of at least 4 members (excludes halogenated alkanes) is 1. The number of benzene rings is 3. The SMILES string of the molecule is O=C(/C=C/CCC[C@@H](OC(=O)Nc1cccc2ccccc12)c1cc(Br)cc(Br)c1O)NO. The summed E-state index contributed by atoms with van der Waals surface area (Å²) >= 11 is 6.72. The lowest BCUT2D eigenvalue weighted by Gasteiger charge is -2.21. The minimum atomic E-state index is -0.742. The van der Waals surface area contributed by atoms with Gasteiger partial charge >= 0.3 is 6.09 Å². The van der Waals surface area contributed by atoms with Gasteiger partial charge in [0.25, 0.3) is 5.91 Å². The van der Waals surface area contributed by atoms with E-state index in [1.54, 1.807) is 24.3 Å². The lowest BCUT2D eigenvalue weighted by Crippen LogP contribution is -2.18. The van der Waals surface area contributed by atoms with Crippen molar-refractivity contribution in [3.8, 4) is 5.75 Å². The zero-order valence-electron chi connectivity index (χ0n) is 17.4. The number of phenolic OH excluding ortho intramolecular Hbond substituents is 1. The van der Waals surface area contributed by atoms with E-state index in [-0.39, 0.29) is 5.75 Å². The zero-order valence-corrected chi connectivity index (χ0v) is 20.6. The van der Waals surface area contributed by atoms with E-state index in [4.69, 9.17) is 9.94 Å². The predicted octanol–water partition coefficient (Wildman–Crippen LogP) is 6.59. The van der Waals surface area contributed by atoms with Crippen LogP contribution in [0, 0.1) is 0 Å². The first-order valence-electron chi connectivity index (χ1n) is 10.1. The van der Waals surface area contributed by atoms with Gasteiger partial charge in [0.2, 0.25) is 0 Å². The lowest BCUT2D eigenvalue weighted by atomic mass is 10.0. The smallest absolute Gasteiger partial charge is 0.412 e. The molecular weight excluding hydrogens is 556 g/mol. The van der Waals surface area contributed by atoms with Crippen molar-refractivity contribution in [3.05, 3.63) is 81.3 Å². The van der Waals surface area contributed by atoms with E-state index in [0.717, 1.165) is 10.8 Å². The number of fused-ring (bicyclic) bond motifs is 1. The number of rotatable bonds is 8. The Morgan fingerprint density at radius 2 is 1.85 bits per heavy atom. The van der Waals surface area contributed by atoms with Crippen LogP contribution in [0.5, 0.6) is 5.75 Å². The standard InChI is InChI=1S/C24H22Br2N2O5/c25-16-13-18(23(30)19(26)14-16)21(11-2-1-3-12-22(29)28-32)33-24(31)27-20-10-6-8-15-7-4-5-9-17(15)20/h3-10,12-14,21,30,32H,1-2,11H2,(H,27,31)(H,28,29)/b12-3+/t21-/m1/s1. The number of allylic oxidation sites excluding steroid dienone is 1. The highest BCUT2D eigenvalue weighted by molar-refractivity contribution is 9.11. The van der Waals surface area contributed by atoms with Crippen molar-refractivity contribution in [2.75, 3.05) is 5.32 Å². The summed E-state index contributed by atoms with van der Waals surface area (Å²) in [6, 6.07) is 16.7. The van der Waals surface area contributed by atoms with Gasteiger partial charge in [-0.3, -0.25) is 15.3 Å². The number of anilines is 1. The molecule has 0 aromatic heterocycles. The maximum absolute atomic E-state index is 12.8. The second-order valence-electron chi connectivity index (χ2n) is 7.18. The fourth-order valence-corrected chi connectivity index (χ4v) is 4.62. The number of carbonyl (C=O) groups excluding carboxylic acids is 2. The molecule has 3 aromatic rings. The number of aromatic hydroxyl groups is 1. The van der Waals surface area contributed by atoms with Gasteiger partial charge in [0, 0.05) is 21.5 Å². The van der Waals surface area contributed by atoms with Gasteiger partial charge in [0.1, 0.15) is 11.9 Å². The topological polar surface area (TPSA) is 108 Å².